The molecule has 0 saturated carbocycles. The number of thioether (sulfide) groups is 1. The van der Waals surface area contributed by atoms with Crippen LogP contribution in [0.4, 0.5) is 11.4 Å². The van der Waals surface area contributed by atoms with E-state index in [0.29, 0.717) is 0 Å². The van der Waals surface area contributed by atoms with Gasteiger partial charge in [0.15, 0.2) is 0 Å². The first kappa shape index (κ1) is 23.1. The van der Waals surface area contributed by atoms with Crippen molar-refractivity contribution in [3.05, 3.63) is 58.6 Å². The third kappa shape index (κ3) is 7.65. The van der Waals surface area contributed by atoms with Crippen molar-refractivity contribution < 1.29 is 13.3 Å². The van der Waals surface area contributed by atoms with Gasteiger partial charge in [-0.1, -0.05) is 18.2 Å². The van der Waals surface area contributed by atoms with Gasteiger partial charge < -0.3 is 10.2 Å². The zero-order chi connectivity index (χ0) is 21.4. The Morgan fingerprint density at radius 1 is 1.17 bits per heavy atom. The van der Waals surface area contributed by atoms with Crippen LogP contribution in [0.2, 0.25) is 0 Å². The van der Waals surface area contributed by atoms with Gasteiger partial charge in [-0.25, -0.2) is 13.6 Å². The number of nitrogens with two attached hydrogens (primary N) is 1. The van der Waals surface area contributed by atoms with Gasteiger partial charge in [0.25, 0.3) is 5.69 Å². The number of primary sulfonamides is 1. The topological polar surface area (TPSA) is 119 Å². The number of anilines is 1. The van der Waals surface area contributed by atoms with Crippen LogP contribution in [-0.4, -0.2) is 50.7 Å². The average Bonchev–Trinajstić information content (AvgIpc) is 2.66. The maximum Gasteiger partial charge on any atom is 0.293 e. The molecule has 2 rings (SSSR count). The fourth-order valence-corrected chi connectivity index (χ4v) is 4.24. The van der Waals surface area contributed by atoms with Gasteiger partial charge in [0.2, 0.25) is 10.0 Å². The van der Waals surface area contributed by atoms with Crippen LogP contribution in [-0.2, 0) is 10.0 Å². The van der Waals surface area contributed by atoms with Crippen molar-refractivity contribution in [1.29, 1.82) is 0 Å². The molecule has 0 spiro atoms. The van der Waals surface area contributed by atoms with Crippen molar-refractivity contribution in [3.63, 3.8) is 0 Å². The van der Waals surface area contributed by atoms with Crippen molar-refractivity contribution in [3.8, 4) is 0 Å². The SMILES string of the molecule is CN(C)CC[C@H](CCSc1ccccc1)Nc1ccc(S(N)(=O)=O)cc1[N+](=O)[O-]. The van der Waals surface area contributed by atoms with Crippen molar-refractivity contribution in [1.82, 2.24) is 4.90 Å². The first-order chi connectivity index (χ1) is 13.7. The minimum atomic E-state index is -4.01. The molecule has 29 heavy (non-hydrogen) atoms. The fraction of sp³-hybridized carbons (Fsp3) is 0.368. The molecule has 2 aromatic carbocycles. The Morgan fingerprint density at radius 3 is 2.45 bits per heavy atom. The normalized spacial score (nSPS) is 12.7. The fourth-order valence-electron chi connectivity index (χ4n) is 2.72. The third-order valence-corrected chi connectivity index (χ3v) is 6.21. The van der Waals surface area contributed by atoms with Gasteiger partial charge in [-0.2, -0.15) is 0 Å². The number of nitro groups is 1. The van der Waals surface area contributed by atoms with E-state index >= 15 is 0 Å². The Bertz CT molecular complexity index is 921. The molecule has 2 aromatic rings. The molecule has 0 aliphatic carbocycles. The summed E-state index contributed by atoms with van der Waals surface area (Å²) in [6.45, 7) is 0.816. The number of sulfonamides is 1. The van der Waals surface area contributed by atoms with E-state index in [2.05, 4.69) is 10.2 Å². The molecular formula is C19H26N4O4S2. The summed E-state index contributed by atoms with van der Waals surface area (Å²) in [7, 11) is -0.0698. The molecule has 158 valence electrons. The van der Waals surface area contributed by atoms with E-state index in [0.717, 1.165) is 31.2 Å². The van der Waals surface area contributed by atoms with Gasteiger partial charge in [0, 0.05) is 17.0 Å². The Kier molecular flexibility index (Phi) is 8.45. The predicted octanol–water partition coefficient (Wildman–Crippen LogP) is 3.16. The van der Waals surface area contributed by atoms with Crippen LogP contribution in [0.5, 0.6) is 0 Å². The summed E-state index contributed by atoms with van der Waals surface area (Å²) in [6.07, 6.45) is 1.58. The van der Waals surface area contributed by atoms with E-state index in [4.69, 9.17) is 5.14 Å². The lowest BCUT2D eigenvalue weighted by Gasteiger charge is -2.22. The number of nitro benzene ring substituents is 1. The lowest BCUT2D eigenvalue weighted by molar-refractivity contribution is -0.384. The van der Waals surface area contributed by atoms with Gasteiger partial charge in [-0.05, 0) is 63.5 Å². The Balaban J connectivity index is 2.15. The molecule has 0 saturated heterocycles. The second kappa shape index (κ2) is 10.6. The van der Waals surface area contributed by atoms with E-state index in [9.17, 15) is 18.5 Å². The highest BCUT2D eigenvalue weighted by molar-refractivity contribution is 7.99. The Hall–Kier alpha value is -2.14. The zero-order valence-corrected chi connectivity index (χ0v) is 18.1. The second-order valence-electron chi connectivity index (χ2n) is 6.86. The summed E-state index contributed by atoms with van der Waals surface area (Å²) in [5, 5.41) is 19.8. The van der Waals surface area contributed by atoms with Gasteiger partial charge in [0.05, 0.1) is 9.82 Å². The van der Waals surface area contributed by atoms with E-state index < -0.39 is 14.9 Å². The number of benzene rings is 2. The number of hydrogen-bond donors (Lipinski definition) is 2. The Labute approximate surface area is 175 Å². The summed E-state index contributed by atoms with van der Waals surface area (Å²) in [5.41, 5.74) is -0.0158. The van der Waals surface area contributed by atoms with Crippen molar-refractivity contribution >= 4 is 33.2 Å². The highest BCUT2D eigenvalue weighted by Gasteiger charge is 2.21. The molecule has 0 radical (unpaired) electrons. The highest BCUT2D eigenvalue weighted by Crippen LogP contribution is 2.29. The summed E-state index contributed by atoms with van der Waals surface area (Å²) in [5.74, 6) is 0.845. The smallest absolute Gasteiger partial charge is 0.293 e. The summed E-state index contributed by atoms with van der Waals surface area (Å²) in [4.78, 5) is 13.8. The molecule has 0 bridgehead atoms. The first-order valence-corrected chi connectivity index (χ1v) is 11.6. The maximum atomic E-state index is 11.5. The number of hydrogen-bond acceptors (Lipinski definition) is 7. The maximum absolute atomic E-state index is 11.5. The van der Waals surface area contributed by atoms with Crippen LogP contribution >= 0.6 is 11.8 Å². The van der Waals surface area contributed by atoms with Gasteiger partial charge in [0.1, 0.15) is 5.69 Å². The number of nitrogens with zero attached hydrogens (tertiary/aromatic N) is 2. The second-order valence-corrected chi connectivity index (χ2v) is 9.59. The zero-order valence-electron chi connectivity index (χ0n) is 16.4. The average molecular weight is 439 g/mol. The molecule has 0 heterocycles. The largest absolute Gasteiger partial charge is 0.377 e. The van der Waals surface area contributed by atoms with E-state index in [1.165, 1.54) is 17.0 Å². The van der Waals surface area contributed by atoms with Crippen LogP contribution in [0.3, 0.4) is 0 Å². The van der Waals surface area contributed by atoms with Crippen LogP contribution in [0.1, 0.15) is 12.8 Å². The van der Waals surface area contributed by atoms with Crippen molar-refractivity contribution in [2.75, 3.05) is 31.7 Å². The lowest BCUT2D eigenvalue weighted by atomic mass is 10.1. The van der Waals surface area contributed by atoms with E-state index in [1.807, 2.05) is 44.4 Å². The monoisotopic (exact) mass is 438 g/mol. The van der Waals surface area contributed by atoms with Gasteiger partial charge >= 0.3 is 0 Å². The molecule has 8 nitrogen and oxygen atoms in total. The summed E-state index contributed by atoms with van der Waals surface area (Å²) < 4.78 is 23.0. The molecule has 10 heteroatoms. The summed E-state index contributed by atoms with van der Waals surface area (Å²) >= 11 is 1.73. The molecule has 1 atom stereocenters. The number of rotatable bonds is 11. The summed E-state index contributed by atoms with van der Waals surface area (Å²) in [6, 6.07) is 13.7. The molecular weight excluding hydrogens is 412 g/mol. The molecule has 0 unspecified atom stereocenters. The standard InChI is InChI=1S/C19H26N4O4S2/c1-22(2)12-10-15(11-13-28-16-6-4-3-5-7-16)21-18-9-8-17(29(20,26)27)14-19(18)23(24)25/h3-9,14-15,21H,10-13H2,1-2H3,(H2,20,26,27)/t15-/m1/s1. The minimum absolute atomic E-state index is 0.00681. The molecule has 3 N–H and O–H groups in total. The van der Waals surface area contributed by atoms with Crippen molar-refractivity contribution in [2.24, 2.45) is 5.14 Å². The predicted molar refractivity (Wildman–Crippen MR) is 117 cm³/mol. The van der Waals surface area contributed by atoms with Gasteiger partial charge in [-0.3, -0.25) is 10.1 Å². The highest BCUT2D eigenvalue weighted by atomic mass is 32.2. The molecule has 0 amide bonds. The minimum Gasteiger partial charge on any atom is -0.377 e. The molecule has 0 fully saturated rings. The molecule has 0 aliphatic rings. The number of nitrogens with one attached hydrogen (secondary N) is 1. The Morgan fingerprint density at radius 2 is 1.86 bits per heavy atom. The first-order valence-electron chi connectivity index (χ1n) is 9.07. The lowest BCUT2D eigenvalue weighted by Crippen LogP contribution is -2.26. The van der Waals surface area contributed by atoms with E-state index in [1.54, 1.807) is 11.8 Å². The van der Waals surface area contributed by atoms with Crippen LogP contribution in [0.15, 0.2) is 58.3 Å². The van der Waals surface area contributed by atoms with Crippen LogP contribution < -0.4 is 10.5 Å². The third-order valence-electron chi connectivity index (χ3n) is 4.26. The van der Waals surface area contributed by atoms with Gasteiger partial charge in [-0.15, -0.1) is 11.8 Å². The quantitative estimate of drug-likeness (QED) is 0.314. The van der Waals surface area contributed by atoms with Crippen LogP contribution in [0.25, 0.3) is 0 Å². The van der Waals surface area contributed by atoms with Crippen molar-refractivity contribution in [2.45, 2.75) is 28.7 Å². The van der Waals surface area contributed by atoms with E-state index in [-0.39, 0.29) is 22.3 Å². The molecule has 0 aliphatic heterocycles. The van der Waals surface area contributed by atoms with Crippen LogP contribution in [0, 0.1) is 10.1 Å². The molecule has 0 aromatic heterocycles.